The van der Waals surface area contributed by atoms with Gasteiger partial charge in [0.25, 0.3) is 0 Å². The molecule has 1 N–H and O–H groups in total. The first-order valence-electron chi connectivity index (χ1n) is 5.95. The highest BCUT2D eigenvalue weighted by atomic mass is 32.1. The van der Waals surface area contributed by atoms with Crippen molar-refractivity contribution < 1.29 is 0 Å². The molecule has 3 heteroatoms. The van der Waals surface area contributed by atoms with Crippen LogP contribution in [0.5, 0.6) is 0 Å². The molecule has 16 heavy (non-hydrogen) atoms. The first-order chi connectivity index (χ1) is 7.81. The van der Waals surface area contributed by atoms with E-state index in [1.165, 1.54) is 35.9 Å². The van der Waals surface area contributed by atoms with E-state index in [0.29, 0.717) is 6.04 Å². The molecule has 84 valence electrons. The summed E-state index contributed by atoms with van der Waals surface area (Å²) in [5.74, 6) is 0. The van der Waals surface area contributed by atoms with Crippen molar-refractivity contribution in [2.24, 2.45) is 0 Å². The van der Waals surface area contributed by atoms with Gasteiger partial charge >= 0.3 is 0 Å². The van der Waals surface area contributed by atoms with E-state index in [0.717, 1.165) is 10.6 Å². The maximum atomic E-state index is 4.64. The predicted molar refractivity (Wildman–Crippen MR) is 70.2 cm³/mol. The van der Waals surface area contributed by atoms with Crippen molar-refractivity contribution in [3.05, 3.63) is 23.8 Å². The minimum absolute atomic E-state index is 0.654. The van der Waals surface area contributed by atoms with E-state index < -0.39 is 0 Å². The largest absolute Gasteiger partial charge is 0.359 e. The van der Waals surface area contributed by atoms with Crippen LogP contribution in [0.1, 0.15) is 31.2 Å². The van der Waals surface area contributed by atoms with Crippen LogP contribution in [-0.4, -0.2) is 11.0 Å². The molecule has 0 spiro atoms. The van der Waals surface area contributed by atoms with E-state index in [-0.39, 0.29) is 0 Å². The van der Waals surface area contributed by atoms with Crippen molar-refractivity contribution in [2.75, 3.05) is 5.32 Å². The minimum atomic E-state index is 0.654. The van der Waals surface area contributed by atoms with E-state index in [2.05, 4.69) is 35.4 Å². The van der Waals surface area contributed by atoms with Gasteiger partial charge in [-0.15, -0.1) is 0 Å². The van der Waals surface area contributed by atoms with Crippen LogP contribution in [0.3, 0.4) is 0 Å². The minimum Gasteiger partial charge on any atom is -0.359 e. The van der Waals surface area contributed by atoms with Gasteiger partial charge in [0.15, 0.2) is 5.13 Å². The predicted octanol–water partition coefficient (Wildman–Crippen LogP) is 3.96. The third kappa shape index (κ3) is 1.92. The fourth-order valence-corrected chi connectivity index (χ4v) is 3.27. The lowest BCUT2D eigenvalue weighted by molar-refractivity contribution is 0.754. The quantitative estimate of drug-likeness (QED) is 0.847. The molecule has 1 heterocycles. The van der Waals surface area contributed by atoms with Gasteiger partial charge in [-0.25, -0.2) is 4.98 Å². The Balaban J connectivity index is 1.86. The Bertz CT molecular complexity index is 498. The summed E-state index contributed by atoms with van der Waals surface area (Å²) in [6, 6.07) is 7.13. The molecule has 1 aliphatic carbocycles. The maximum Gasteiger partial charge on any atom is 0.184 e. The number of nitrogens with zero attached hydrogens (tertiary/aromatic N) is 1. The van der Waals surface area contributed by atoms with Crippen LogP contribution in [-0.2, 0) is 0 Å². The number of hydrogen-bond acceptors (Lipinski definition) is 3. The number of rotatable bonds is 2. The Morgan fingerprint density at radius 3 is 2.94 bits per heavy atom. The molecule has 2 aromatic rings. The number of aryl methyl sites for hydroxylation is 1. The van der Waals surface area contributed by atoms with Crippen LogP contribution < -0.4 is 5.32 Å². The molecule has 1 saturated carbocycles. The van der Waals surface area contributed by atoms with Gasteiger partial charge in [-0.2, -0.15) is 0 Å². The topological polar surface area (TPSA) is 24.9 Å². The molecule has 1 aliphatic rings. The number of thiazole rings is 1. The van der Waals surface area contributed by atoms with E-state index in [1.54, 1.807) is 11.3 Å². The SMILES string of the molecule is Cc1ccc2sc(NC3CCCC3)nc2c1. The third-order valence-corrected chi connectivity index (χ3v) is 4.19. The number of anilines is 1. The average Bonchev–Trinajstić information content (AvgIpc) is 2.86. The first-order valence-corrected chi connectivity index (χ1v) is 6.77. The summed E-state index contributed by atoms with van der Waals surface area (Å²) in [6.07, 6.45) is 5.33. The lowest BCUT2D eigenvalue weighted by atomic mass is 10.2. The summed E-state index contributed by atoms with van der Waals surface area (Å²) >= 11 is 1.77. The van der Waals surface area contributed by atoms with Crippen LogP contribution in [0.2, 0.25) is 0 Å². The molecule has 0 radical (unpaired) electrons. The molecule has 1 fully saturated rings. The van der Waals surface area contributed by atoms with Gasteiger partial charge in [0, 0.05) is 6.04 Å². The number of benzene rings is 1. The zero-order valence-corrected chi connectivity index (χ0v) is 10.3. The highest BCUT2D eigenvalue weighted by molar-refractivity contribution is 7.22. The van der Waals surface area contributed by atoms with Crippen LogP contribution in [0.15, 0.2) is 18.2 Å². The normalized spacial score (nSPS) is 17.1. The maximum absolute atomic E-state index is 4.64. The Labute approximate surface area is 99.7 Å². The van der Waals surface area contributed by atoms with Gasteiger partial charge in [0.2, 0.25) is 0 Å². The van der Waals surface area contributed by atoms with Gasteiger partial charge in [0.1, 0.15) is 0 Å². The lowest BCUT2D eigenvalue weighted by Gasteiger charge is -2.09. The molecule has 2 nitrogen and oxygen atoms in total. The Morgan fingerprint density at radius 2 is 2.12 bits per heavy atom. The second-order valence-electron chi connectivity index (χ2n) is 4.62. The smallest absolute Gasteiger partial charge is 0.184 e. The van der Waals surface area contributed by atoms with Crippen LogP contribution in [0.25, 0.3) is 10.2 Å². The summed E-state index contributed by atoms with van der Waals surface area (Å²) in [5, 5.41) is 4.65. The molecule has 1 aromatic heterocycles. The van der Waals surface area contributed by atoms with Gasteiger partial charge in [-0.3, -0.25) is 0 Å². The average molecular weight is 232 g/mol. The summed E-state index contributed by atoms with van der Waals surface area (Å²) in [5.41, 5.74) is 2.41. The van der Waals surface area contributed by atoms with Crippen LogP contribution >= 0.6 is 11.3 Å². The van der Waals surface area contributed by atoms with Gasteiger partial charge in [0.05, 0.1) is 10.2 Å². The number of hydrogen-bond donors (Lipinski definition) is 1. The van der Waals surface area contributed by atoms with Crippen molar-refractivity contribution in [3.8, 4) is 0 Å². The molecule has 0 amide bonds. The van der Waals surface area contributed by atoms with E-state index >= 15 is 0 Å². The molecule has 0 aliphatic heterocycles. The van der Waals surface area contributed by atoms with E-state index in [9.17, 15) is 0 Å². The van der Waals surface area contributed by atoms with Crippen molar-refractivity contribution in [3.63, 3.8) is 0 Å². The van der Waals surface area contributed by atoms with Crippen molar-refractivity contribution in [2.45, 2.75) is 38.6 Å². The standard InChI is InChI=1S/C13H16N2S/c1-9-6-7-12-11(8-9)15-13(16-12)14-10-4-2-3-5-10/h6-8,10H,2-5H2,1H3,(H,14,15). The number of nitrogens with one attached hydrogen (secondary N) is 1. The van der Waals surface area contributed by atoms with Gasteiger partial charge < -0.3 is 5.32 Å². The summed E-state index contributed by atoms with van der Waals surface area (Å²) < 4.78 is 1.28. The zero-order valence-electron chi connectivity index (χ0n) is 9.49. The third-order valence-electron chi connectivity index (χ3n) is 3.23. The summed E-state index contributed by atoms with van der Waals surface area (Å²) in [6.45, 7) is 2.11. The van der Waals surface area contributed by atoms with Gasteiger partial charge in [-0.1, -0.05) is 30.2 Å². The van der Waals surface area contributed by atoms with Crippen LogP contribution in [0.4, 0.5) is 5.13 Å². The van der Waals surface area contributed by atoms with Crippen LogP contribution in [0, 0.1) is 6.92 Å². The summed E-state index contributed by atoms with van der Waals surface area (Å²) in [7, 11) is 0. The van der Waals surface area contributed by atoms with Crippen molar-refractivity contribution in [1.82, 2.24) is 4.98 Å². The fourth-order valence-electron chi connectivity index (χ4n) is 2.34. The molecule has 3 rings (SSSR count). The highest BCUT2D eigenvalue weighted by Crippen LogP contribution is 2.29. The summed E-state index contributed by atoms with van der Waals surface area (Å²) in [4.78, 5) is 4.64. The van der Waals surface area contributed by atoms with E-state index in [4.69, 9.17) is 0 Å². The number of aromatic nitrogens is 1. The monoisotopic (exact) mass is 232 g/mol. The highest BCUT2D eigenvalue weighted by Gasteiger charge is 2.16. The molecule has 0 bridgehead atoms. The molecular weight excluding hydrogens is 216 g/mol. The van der Waals surface area contributed by atoms with Gasteiger partial charge in [-0.05, 0) is 37.5 Å². The molecule has 0 atom stereocenters. The Hall–Kier alpha value is -1.09. The number of fused-ring (bicyclic) bond motifs is 1. The van der Waals surface area contributed by atoms with E-state index in [1.807, 2.05) is 0 Å². The molecular formula is C13H16N2S. The zero-order chi connectivity index (χ0) is 11.0. The Morgan fingerprint density at radius 1 is 1.31 bits per heavy atom. The Kier molecular flexibility index (Phi) is 2.56. The molecule has 0 saturated heterocycles. The molecule has 1 aromatic carbocycles. The molecule has 0 unspecified atom stereocenters. The fraction of sp³-hybridized carbons (Fsp3) is 0.462. The second kappa shape index (κ2) is 4.06. The first kappa shape index (κ1) is 10.1. The second-order valence-corrected chi connectivity index (χ2v) is 5.65. The lowest BCUT2D eigenvalue weighted by Crippen LogP contribution is -2.13. The van der Waals surface area contributed by atoms with Crippen molar-refractivity contribution >= 4 is 26.7 Å². The van der Waals surface area contributed by atoms with Crippen molar-refractivity contribution in [1.29, 1.82) is 0 Å².